The van der Waals surface area contributed by atoms with Crippen molar-refractivity contribution in [2.75, 3.05) is 11.9 Å². The van der Waals surface area contributed by atoms with E-state index in [9.17, 15) is 9.59 Å². The number of nitrogens with one attached hydrogen (secondary N) is 1. The van der Waals surface area contributed by atoms with Crippen molar-refractivity contribution in [3.8, 4) is 5.75 Å². The highest BCUT2D eigenvalue weighted by Crippen LogP contribution is 2.20. The van der Waals surface area contributed by atoms with Gasteiger partial charge in [0.05, 0.1) is 5.56 Å². The van der Waals surface area contributed by atoms with Crippen LogP contribution in [0.15, 0.2) is 72.8 Å². The lowest BCUT2D eigenvalue weighted by Gasteiger charge is -2.10. The van der Waals surface area contributed by atoms with Crippen LogP contribution in [0.2, 0.25) is 5.02 Å². The molecule has 0 bridgehead atoms. The maximum atomic E-state index is 12.3. The Balaban J connectivity index is 1.53. The van der Waals surface area contributed by atoms with E-state index in [-0.39, 0.29) is 0 Å². The second kappa shape index (κ2) is 9.75. The first-order valence-electron chi connectivity index (χ1n) is 9.01. The summed E-state index contributed by atoms with van der Waals surface area (Å²) in [6.45, 7) is 1.83. The number of anilines is 1. The summed E-state index contributed by atoms with van der Waals surface area (Å²) in [5.41, 5.74) is 2.77. The Morgan fingerprint density at radius 3 is 2.55 bits per heavy atom. The van der Waals surface area contributed by atoms with Gasteiger partial charge in [0, 0.05) is 10.7 Å². The number of halogens is 1. The summed E-state index contributed by atoms with van der Waals surface area (Å²) in [4.78, 5) is 24.4. The zero-order chi connectivity index (χ0) is 20.6. The minimum Gasteiger partial charge on any atom is -0.489 e. The summed E-state index contributed by atoms with van der Waals surface area (Å²) < 4.78 is 10.8. The van der Waals surface area contributed by atoms with Gasteiger partial charge in [-0.3, -0.25) is 4.79 Å². The standard InChI is InChI=1S/C23H20ClNO4/c1-16-10-11-19(24)13-21(16)25-22(26)15-29-23(27)18-8-5-9-20(12-18)28-14-17-6-3-2-4-7-17/h2-13H,14-15H2,1H3,(H,25,26). The monoisotopic (exact) mass is 409 g/mol. The molecule has 0 aliphatic heterocycles. The largest absolute Gasteiger partial charge is 0.489 e. The first kappa shape index (κ1) is 20.4. The molecule has 0 fully saturated rings. The van der Waals surface area contributed by atoms with Crippen molar-refractivity contribution in [2.45, 2.75) is 13.5 Å². The summed E-state index contributed by atoms with van der Waals surface area (Å²) >= 11 is 5.94. The molecule has 0 aliphatic carbocycles. The predicted octanol–water partition coefficient (Wildman–Crippen LogP) is 5.02. The molecule has 0 heterocycles. The zero-order valence-corrected chi connectivity index (χ0v) is 16.6. The molecule has 3 aromatic rings. The first-order chi connectivity index (χ1) is 14.0. The SMILES string of the molecule is Cc1ccc(Cl)cc1NC(=O)COC(=O)c1cccc(OCc2ccccc2)c1. The maximum Gasteiger partial charge on any atom is 0.338 e. The van der Waals surface area contributed by atoms with Crippen molar-refractivity contribution < 1.29 is 19.1 Å². The van der Waals surface area contributed by atoms with E-state index in [1.165, 1.54) is 0 Å². The van der Waals surface area contributed by atoms with E-state index in [0.717, 1.165) is 11.1 Å². The molecule has 0 unspecified atom stereocenters. The Hall–Kier alpha value is -3.31. The number of rotatable bonds is 7. The average molecular weight is 410 g/mol. The highest BCUT2D eigenvalue weighted by atomic mass is 35.5. The summed E-state index contributed by atoms with van der Waals surface area (Å²) in [6.07, 6.45) is 0. The molecule has 29 heavy (non-hydrogen) atoms. The van der Waals surface area contributed by atoms with Gasteiger partial charge < -0.3 is 14.8 Å². The lowest BCUT2D eigenvalue weighted by atomic mass is 10.2. The van der Waals surface area contributed by atoms with Gasteiger partial charge in [0.15, 0.2) is 6.61 Å². The van der Waals surface area contributed by atoms with Crippen molar-refractivity contribution in [1.82, 2.24) is 0 Å². The van der Waals surface area contributed by atoms with Crippen LogP contribution < -0.4 is 10.1 Å². The van der Waals surface area contributed by atoms with E-state index in [2.05, 4.69) is 5.32 Å². The molecular formula is C23H20ClNO4. The molecule has 0 radical (unpaired) electrons. The molecule has 0 saturated heterocycles. The quantitative estimate of drug-likeness (QED) is 0.556. The van der Waals surface area contributed by atoms with E-state index in [0.29, 0.717) is 28.6 Å². The number of benzene rings is 3. The number of ether oxygens (including phenoxy) is 2. The zero-order valence-electron chi connectivity index (χ0n) is 15.9. The third-order valence-electron chi connectivity index (χ3n) is 4.13. The molecule has 3 rings (SSSR count). The molecule has 0 spiro atoms. The van der Waals surface area contributed by atoms with Crippen LogP contribution in [0.3, 0.4) is 0 Å². The van der Waals surface area contributed by atoms with Crippen LogP contribution in [0.5, 0.6) is 5.75 Å². The van der Waals surface area contributed by atoms with E-state index in [1.807, 2.05) is 37.3 Å². The van der Waals surface area contributed by atoms with Crippen molar-refractivity contribution in [2.24, 2.45) is 0 Å². The van der Waals surface area contributed by atoms with Crippen molar-refractivity contribution in [1.29, 1.82) is 0 Å². The molecule has 3 aromatic carbocycles. The van der Waals surface area contributed by atoms with Crippen LogP contribution in [0.4, 0.5) is 5.69 Å². The highest BCUT2D eigenvalue weighted by Gasteiger charge is 2.12. The van der Waals surface area contributed by atoms with Gasteiger partial charge in [-0.25, -0.2) is 4.79 Å². The summed E-state index contributed by atoms with van der Waals surface area (Å²) in [7, 11) is 0. The van der Waals surface area contributed by atoms with E-state index in [1.54, 1.807) is 42.5 Å². The van der Waals surface area contributed by atoms with Crippen LogP contribution in [-0.4, -0.2) is 18.5 Å². The van der Waals surface area contributed by atoms with Gasteiger partial charge in [-0.05, 0) is 48.4 Å². The number of hydrogen-bond acceptors (Lipinski definition) is 4. The Kier molecular flexibility index (Phi) is 6.87. The normalized spacial score (nSPS) is 10.3. The minimum atomic E-state index is -0.604. The van der Waals surface area contributed by atoms with Gasteiger partial charge in [0.25, 0.3) is 5.91 Å². The topological polar surface area (TPSA) is 64.6 Å². The number of amides is 1. The van der Waals surface area contributed by atoms with Crippen molar-refractivity contribution >= 4 is 29.2 Å². The number of carbonyl (C=O) groups is 2. The number of carbonyl (C=O) groups excluding carboxylic acids is 2. The Bertz CT molecular complexity index is 1000. The molecule has 5 nitrogen and oxygen atoms in total. The van der Waals surface area contributed by atoms with E-state index < -0.39 is 18.5 Å². The van der Waals surface area contributed by atoms with Gasteiger partial charge in [0.1, 0.15) is 12.4 Å². The minimum absolute atomic E-state index is 0.308. The second-order valence-electron chi connectivity index (χ2n) is 6.39. The molecule has 0 aromatic heterocycles. The molecule has 0 aliphatic rings. The summed E-state index contributed by atoms with van der Waals surface area (Å²) in [5.74, 6) is -0.504. The fraction of sp³-hybridized carbons (Fsp3) is 0.130. The van der Waals surface area contributed by atoms with Crippen molar-refractivity contribution in [3.05, 3.63) is 94.5 Å². The van der Waals surface area contributed by atoms with Gasteiger partial charge in [-0.2, -0.15) is 0 Å². The molecule has 148 valence electrons. The number of hydrogen-bond donors (Lipinski definition) is 1. The van der Waals surface area contributed by atoms with Crippen LogP contribution in [0.25, 0.3) is 0 Å². The van der Waals surface area contributed by atoms with Crippen molar-refractivity contribution in [3.63, 3.8) is 0 Å². The molecule has 6 heteroatoms. The third kappa shape index (κ3) is 6.09. The summed E-state index contributed by atoms with van der Waals surface area (Å²) in [5, 5.41) is 3.19. The van der Waals surface area contributed by atoms with Gasteiger partial charge in [-0.15, -0.1) is 0 Å². The van der Waals surface area contributed by atoms with E-state index in [4.69, 9.17) is 21.1 Å². The molecule has 0 atom stereocenters. The molecule has 1 N–H and O–H groups in total. The van der Waals surface area contributed by atoms with Gasteiger partial charge in [0.2, 0.25) is 0 Å². The van der Waals surface area contributed by atoms with Crippen LogP contribution in [-0.2, 0) is 16.1 Å². The first-order valence-corrected chi connectivity index (χ1v) is 9.39. The highest BCUT2D eigenvalue weighted by molar-refractivity contribution is 6.31. The van der Waals surface area contributed by atoms with Crippen LogP contribution in [0, 0.1) is 6.92 Å². The smallest absolute Gasteiger partial charge is 0.338 e. The van der Waals surface area contributed by atoms with Gasteiger partial charge >= 0.3 is 5.97 Å². The van der Waals surface area contributed by atoms with Gasteiger partial charge in [-0.1, -0.05) is 54.1 Å². The van der Waals surface area contributed by atoms with Crippen LogP contribution >= 0.6 is 11.6 Å². The Labute approximate surface area is 174 Å². The maximum absolute atomic E-state index is 12.3. The molecule has 0 saturated carbocycles. The summed E-state index contributed by atoms with van der Waals surface area (Å²) in [6, 6.07) is 21.5. The number of aryl methyl sites for hydroxylation is 1. The number of esters is 1. The Morgan fingerprint density at radius 1 is 0.966 bits per heavy atom. The molecule has 1 amide bonds. The lowest BCUT2D eigenvalue weighted by Crippen LogP contribution is -2.21. The third-order valence-corrected chi connectivity index (χ3v) is 4.36. The fourth-order valence-corrected chi connectivity index (χ4v) is 2.76. The van der Waals surface area contributed by atoms with E-state index >= 15 is 0 Å². The molecular weight excluding hydrogens is 390 g/mol. The predicted molar refractivity (Wildman–Crippen MR) is 112 cm³/mol. The Morgan fingerprint density at radius 2 is 1.76 bits per heavy atom. The second-order valence-corrected chi connectivity index (χ2v) is 6.82. The lowest BCUT2D eigenvalue weighted by molar-refractivity contribution is -0.119. The fourth-order valence-electron chi connectivity index (χ4n) is 2.58. The van der Waals surface area contributed by atoms with Crippen LogP contribution in [0.1, 0.15) is 21.5 Å². The average Bonchev–Trinajstić information content (AvgIpc) is 2.74.